The van der Waals surface area contributed by atoms with E-state index in [1.165, 1.54) is 0 Å². The number of hydrogen-bond acceptors (Lipinski definition) is 2. The summed E-state index contributed by atoms with van der Waals surface area (Å²) in [6.45, 7) is 0. The van der Waals surface area contributed by atoms with E-state index in [1.807, 2.05) is 12.1 Å². The summed E-state index contributed by atoms with van der Waals surface area (Å²) in [6.07, 6.45) is 1.91. The highest BCUT2D eigenvalue weighted by Gasteiger charge is 2.43. The highest BCUT2D eigenvalue weighted by Crippen LogP contribution is 2.37. The Morgan fingerprint density at radius 2 is 2.19 bits per heavy atom. The zero-order chi connectivity index (χ0) is 11.6. The Hall–Kier alpha value is -1.22. The van der Waals surface area contributed by atoms with Crippen LogP contribution in [0.15, 0.2) is 24.3 Å². The van der Waals surface area contributed by atoms with E-state index in [9.17, 15) is 4.79 Å². The molecule has 0 saturated heterocycles. The van der Waals surface area contributed by atoms with E-state index in [1.54, 1.807) is 19.2 Å². The summed E-state index contributed by atoms with van der Waals surface area (Å²) in [6, 6.07) is 7.18. The van der Waals surface area contributed by atoms with Gasteiger partial charge in [0, 0.05) is 5.88 Å². The third kappa shape index (κ3) is 2.14. The van der Waals surface area contributed by atoms with Gasteiger partial charge in [-0.1, -0.05) is 12.1 Å². The Morgan fingerprint density at radius 3 is 2.75 bits per heavy atom. The van der Waals surface area contributed by atoms with Gasteiger partial charge in [-0.15, -0.1) is 11.6 Å². The lowest BCUT2D eigenvalue weighted by Crippen LogP contribution is -2.38. The van der Waals surface area contributed by atoms with Gasteiger partial charge in [0.15, 0.2) is 0 Å². The molecule has 86 valence electrons. The van der Waals surface area contributed by atoms with Crippen molar-refractivity contribution in [2.75, 3.05) is 13.0 Å². The number of carbonyl (C=O) groups excluding carboxylic acids is 1. The first kappa shape index (κ1) is 11.3. The third-order valence-corrected chi connectivity index (χ3v) is 3.35. The molecule has 1 aliphatic carbocycles. The van der Waals surface area contributed by atoms with Crippen LogP contribution in [0.25, 0.3) is 0 Å². The Labute approximate surface area is 99.7 Å². The molecule has 0 unspecified atom stereocenters. The Morgan fingerprint density at radius 1 is 1.50 bits per heavy atom. The fraction of sp³-hybridized carbons (Fsp3) is 0.417. The number of amides is 1. The number of nitrogens with one attached hydrogen (secondary N) is 1. The number of ether oxygens (including phenoxy) is 1. The van der Waals surface area contributed by atoms with Crippen LogP contribution in [0.5, 0.6) is 5.75 Å². The second-order valence-electron chi connectivity index (χ2n) is 4.07. The summed E-state index contributed by atoms with van der Waals surface area (Å²) >= 11 is 5.81. The lowest BCUT2D eigenvalue weighted by Gasteiger charge is -2.15. The zero-order valence-electron chi connectivity index (χ0n) is 9.13. The molecule has 0 radical (unpaired) electrons. The van der Waals surface area contributed by atoms with Gasteiger partial charge in [-0.2, -0.15) is 0 Å². The van der Waals surface area contributed by atoms with Crippen molar-refractivity contribution in [1.29, 1.82) is 0 Å². The molecule has 0 spiro atoms. The molecular weight excluding hydrogens is 226 g/mol. The first-order valence-corrected chi connectivity index (χ1v) is 5.76. The van der Waals surface area contributed by atoms with E-state index in [0.717, 1.165) is 12.8 Å². The zero-order valence-corrected chi connectivity index (χ0v) is 9.88. The first-order valence-electron chi connectivity index (χ1n) is 5.22. The number of para-hydroxylation sites is 1. The number of alkyl halides is 1. The number of carbonyl (C=O) groups is 1. The average molecular weight is 240 g/mol. The minimum Gasteiger partial charge on any atom is -0.496 e. The van der Waals surface area contributed by atoms with Gasteiger partial charge in [-0.05, 0) is 25.0 Å². The summed E-state index contributed by atoms with van der Waals surface area (Å²) in [4.78, 5) is 12.0. The highest BCUT2D eigenvalue weighted by molar-refractivity contribution is 6.19. The normalized spacial score (nSPS) is 16.6. The fourth-order valence-corrected chi connectivity index (χ4v) is 1.92. The van der Waals surface area contributed by atoms with Crippen LogP contribution in [0.1, 0.15) is 23.2 Å². The summed E-state index contributed by atoms with van der Waals surface area (Å²) in [5.41, 5.74) is 0.376. The van der Waals surface area contributed by atoms with Crippen molar-refractivity contribution >= 4 is 17.5 Å². The van der Waals surface area contributed by atoms with Gasteiger partial charge >= 0.3 is 0 Å². The standard InChI is InChI=1S/C12H14ClNO2/c1-16-10-5-3-2-4-9(10)11(15)14-12(8-13)6-7-12/h2-5H,6-8H2,1H3,(H,14,15). The van der Waals surface area contributed by atoms with Crippen molar-refractivity contribution in [3.8, 4) is 5.75 Å². The lowest BCUT2D eigenvalue weighted by molar-refractivity contribution is 0.0933. The van der Waals surface area contributed by atoms with E-state index < -0.39 is 0 Å². The van der Waals surface area contributed by atoms with Crippen LogP contribution in [-0.2, 0) is 0 Å². The van der Waals surface area contributed by atoms with Crippen LogP contribution in [0.4, 0.5) is 0 Å². The number of hydrogen-bond donors (Lipinski definition) is 1. The summed E-state index contributed by atoms with van der Waals surface area (Å²) in [5.74, 6) is 0.939. The number of benzene rings is 1. The maximum atomic E-state index is 12.0. The van der Waals surface area contributed by atoms with E-state index in [0.29, 0.717) is 17.2 Å². The molecule has 3 nitrogen and oxygen atoms in total. The number of halogens is 1. The molecule has 1 fully saturated rings. The van der Waals surface area contributed by atoms with Crippen molar-refractivity contribution in [2.24, 2.45) is 0 Å². The van der Waals surface area contributed by atoms with Gasteiger partial charge in [-0.3, -0.25) is 4.79 Å². The van der Waals surface area contributed by atoms with Crippen molar-refractivity contribution < 1.29 is 9.53 Å². The largest absolute Gasteiger partial charge is 0.496 e. The topological polar surface area (TPSA) is 38.3 Å². The van der Waals surface area contributed by atoms with Gasteiger partial charge in [0.05, 0.1) is 18.2 Å². The molecule has 1 aromatic rings. The second kappa shape index (κ2) is 4.34. The molecule has 2 rings (SSSR count). The molecule has 0 aliphatic heterocycles. The second-order valence-corrected chi connectivity index (χ2v) is 4.34. The van der Waals surface area contributed by atoms with E-state index in [4.69, 9.17) is 16.3 Å². The molecule has 0 heterocycles. The molecule has 1 aromatic carbocycles. The maximum Gasteiger partial charge on any atom is 0.255 e. The average Bonchev–Trinajstić information content (AvgIpc) is 3.09. The van der Waals surface area contributed by atoms with Gasteiger partial charge in [0.2, 0.25) is 0 Å². The minimum atomic E-state index is -0.181. The predicted octanol–water partition coefficient (Wildman–Crippen LogP) is 2.20. The van der Waals surface area contributed by atoms with Crippen molar-refractivity contribution in [3.05, 3.63) is 29.8 Å². The van der Waals surface area contributed by atoms with Crippen LogP contribution in [0, 0.1) is 0 Å². The number of methoxy groups -OCH3 is 1. The lowest BCUT2D eigenvalue weighted by atomic mass is 10.1. The van der Waals surface area contributed by atoms with Crippen molar-refractivity contribution in [3.63, 3.8) is 0 Å². The van der Waals surface area contributed by atoms with E-state index in [2.05, 4.69) is 5.32 Å². The molecule has 1 amide bonds. The Bertz CT molecular complexity index is 402. The van der Waals surface area contributed by atoms with Crippen LogP contribution < -0.4 is 10.1 Å². The van der Waals surface area contributed by atoms with E-state index in [-0.39, 0.29) is 11.4 Å². The Kier molecular flexibility index (Phi) is 3.06. The summed E-state index contributed by atoms with van der Waals surface area (Å²) < 4.78 is 5.14. The molecule has 1 saturated carbocycles. The molecule has 0 bridgehead atoms. The van der Waals surface area contributed by atoms with Crippen LogP contribution >= 0.6 is 11.6 Å². The maximum absolute atomic E-state index is 12.0. The van der Waals surface area contributed by atoms with Crippen molar-refractivity contribution in [2.45, 2.75) is 18.4 Å². The molecule has 1 N–H and O–H groups in total. The minimum absolute atomic E-state index is 0.115. The van der Waals surface area contributed by atoms with Gasteiger partial charge < -0.3 is 10.1 Å². The molecular formula is C12H14ClNO2. The van der Waals surface area contributed by atoms with Gasteiger partial charge in [0.1, 0.15) is 5.75 Å². The quantitative estimate of drug-likeness (QED) is 0.818. The van der Waals surface area contributed by atoms with E-state index >= 15 is 0 Å². The molecule has 4 heteroatoms. The third-order valence-electron chi connectivity index (χ3n) is 2.84. The van der Waals surface area contributed by atoms with Gasteiger partial charge in [-0.25, -0.2) is 0 Å². The van der Waals surface area contributed by atoms with Crippen LogP contribution in [-0.4, -0.2) is 24.4 Å². The summed E-state index contributed by atoms with van der Waals surface area (Å²) in [5, 5.41) is 2.96. The van der Waals surface area contributed by atoms with Crippen molar-refractivity contribution in [1.82, 2.24) is 5.32 Å². The number of rotatable bonds is 4. The Balaban J connectivity index is 2.14. The SMILES string of the molecule is COc1ccccc1C(=O)NC1(CCl)CC1. The molecule has 0 atom stereocenters. The smallest absolute Gasteiger partial charge is 0.255 e. The monoisotopic (exact) mass is 239 g/mol. The summed E-state index contributed by atoms with van der Waals surface area (Å²) in [7, 11) is 1.56. The highest BCUT2D eigenvalue weighted by atomic mass is 35.5. The molecule has 0 aromatic heterocycles. The first-order chi connectivity index (χ1) is 7.71. The molecule has 16 heavy (non-hydrogen) atoms. The molecule has 1 aliphatic rings. The van der Waals surface area contributed by atoms with Crippen LogP contribution in [0.3, 0.4) is 0 Å². The fourth-order valence-electron chi connectivity index (χ4n) is 1.58. The van der Waals surface area contributed by atoms with Crippen LogP contribution in [0.2, 0.25) is 0 Å². The van der Waals surface area contributed by atoms with Gasteiger partial charge in [0.25, 0.3) is 5.91 Å². The predicted molar refractivity (Wildman–Crippen MR) is 63.1 cm³/mol.